The molecule has 0 aromatic rings. The van der Waals surface area contributed by atoms with Gasteiger partial charge in [-0.15, -0.1) is 0 Å². The molecular weight excluding hydrogens is 212 g/mol. The van der Waals surface area contributed by atoms with Crippen LogP contribution in [0.1, 0.15) is 40.5 Å². The maximum absolute atomic E-state index is 5.79. The lowest BCUT2D eigenvalue weighted by molar-refractivity contribution is -0.0263. The van der Waals surface area contributed by atoms with Crippen molar-refractivity contribution in [2.75, 3.05) is 32.8 Å². The number of nitrogens with zero attached hydrogens (tertiary/aromatic N) is 1. The van der Waals surface area contributed by atoms with E-state index in [1.807, 2.05) is 0 Å². The third-order valence-corrected chi connectivity index (χ3v) is 3.82. The van der Waals surface area contributed by atoms with Crippen molar-refractivity contribution in [1.29, 1.82) is 0 Å². The molecule has 1 heterocycles. The van der Waals surface area contributed by atoms with Crippen LogP contribution in [-0.4, -0.2) is 49.8 Å². The standard InChI is InChI=1S/C14H30N2O/c1-5-12(3)9-13(4)15-10-14-11-16(6-2)7-8-17-14/h12-15H,5-11H2,1-4H3. The number of likely N-dealkylation sites (N-methyl/N-ethyl adjacent to an activating group) is 1. The summed E-state index contributed by atoms with van der Waals surface area (Å²) in [5.74, 6) is 0.817. The highest BCUT2D eigenvalue weighted by Crippen LogP contribution is 2.10. The summed E-state index contributed by atoms with van der Waals surface area (Å²) in [6.07, 6.45) is 2.92. The Bertz CT molecular complexity index is 199. The summed E-state index contributed by atoms with van der Waals surface area (Å²) < 4.78 is 5.79. The Hall–Kier alpha value is -0.120. The fraction of sp³-hybridized carbons (Fsp3) is 1.00. The van der Waals surface area contributed by atoms with Crippen molar-refractivity contribution in [3.63, 3.8) is 0 Å². The Kier molecular flexibility index (Phi) is 7.09. The molecule has 0 aliphatic carbocycles. The summed E-state index contributed by atoms with van der Waals surface area (Å²) >= 11 is 0. The second-order valence-corrected chi connectivity index (χ2v) is 5.44. The third kappa shape index (κ3) is 5.84. The Morgan fingerprint density at radius 1 is 1.35 bits per heavy atom. The van der Waals surface area contributed by atoms with E-state index in [2.05, 4.69) is 37.9 Å². The quantitative estimate of drug-likeness (QED) is 0.740. The number of rotatable bonds is 7. The lowest BCUT2D eigenvalue weighted by Crippen LogP contribution is -2.47. The van der Waals surface area contributed by atoms with Crippen LogP contribution in [0, 0.1) is 5.92 Å². The molecule has 0 radical (unpaired) electrons. The van der Waals surface area contributed by atoms with E-state index >= 15 is 0 Å². The first kappa shape index (κ1) is 14.9. The molecule has 1 fully saturated rings. The van der Waals surface area contributed by atoms with Gasteiger partial charge in [0, 0.05) is 25.7 Å². The van der Waals surface area contributed by atoms with Gasteiger partial charge in [0.2, 0.25) is 0 Å². The van der Waals surface area contributed by atoms with Crippen LogP contribution in [0.4, 0.5) is 0 Å². The molecule has 3 unspecified atom stereocenters. The van der Waals surface area contributed by atoms with Crippen molar-refractivity contribution >= 4 is 0 Å². The molecule has 1 saturated heterocycles. The molecule has 0 bridgehead atoms. The van der Waals surface area contributed by atoms with E-state index in [-0.39, 0.29) is 0 Å². The van der Waals surface area contributed by atoms with Crippen LogP contribution in [0.15, 0.2) is 0 Å². The Morgan fingerprint density at radius 2 is 2.12 bits per heavy atom. The van der Waals surface area contributed by atoms with E-state index in [9.17, 15) is 0 Å². The van der Waals surface area contributed by atoms with Crippen LogP contribution >= 0.6 is 0 Å². The smallest absolute Gasteiger partial charge is 0.0826 e. The van der Waals surface area contributed by atoms with Gasteiger partial charge in [0.05, 0.1) is 12.7 Å². The van der Waals surface area contributed by atoms with E-state index in [0.29, 0.717) is 12.1 Å². The Balaban J connectivity index is 2.16. The fourth-order valence-corrected chi connectivity index (χ4v) is 2.38. The SMILES string of the molecule is CCC(C)CC(C)NCC1CN(CC)CCO1. The van der Waals surface area contributed by atoms with Gasteiger partial charge < -0.3 is 10.1 Å². The minimum absolute atomic E-state index is 0.378. The van der Waals surface area contributed by atoms with E-state index < -0.39 is 0 Å². The largest absolute Gasteiger partial charge is 0.374 e. The van der Waals surface area contributed by atoms with Gasteiger partial charge in [0.1, 0.15) is 0 Å². The molecule has 0 amide bonds. The van der Waals surface area contributed by atoms with E-state index in [1.54, 1.807) is 0 Å². The molecule has 17 heavy (non-hydrogen) atoms. The zero-order chi connectivity index (χ0) is 12.7. The highest BCUT2D eigenvalue weighted by molar-refractivity contribution is 4.74. The minimum atomic E-state index is 0.378. The second-order valence-electron chi connectivity index (χ2n) is 5.44. The highest BCUT2D eigenvalue weighted by atomic mass is 16.5. The van der Waals surface area contributed by atoms with E-state index in [1.165, 1.54) is 12.8 Å². The number of morpholine rings is 1. The molecule has 0 saturated carbocycles. The van der Waals surface area contributed by atoms with Crippen molar-refractivity contribution in [2.45, 2.75) is 52.7 Å². The predicted molar refractivity (Wildman–Crippen MR) is 73.4 cm³/mol. The maximum Gasteiger partial charge on any atom is 0.0826 e. The van der Waals surface area contributed by atoms with Crippen molar-refractivity contribution < 1.29 is 4.74 Å². The predicted octanol–water partition coefficient (Wildman–Crippen LogP) is 2.12. The summed E-state index contributed by atoms with van der Waals surface area (Å²) in [7, 11) is 0. The summed E-state index contributed by atoms with van der Waals surface area (Å²) in [6, 6.07) is 0.602. The Morgan fingerprint density at radius 3 is 2.76 bits per heavy atom. The van der Waals surface area contributed by atoms with Crippen LogP contribution < -0.4 is 5.32 Å². The van der Waals surface area contributed by atoms with Crippen molar-refractivity contribution in [3.8, 4) is 0 Å². The van der Waals surface area contributed by atoms with Crippen molar-refractivity contribution in [1.82, 2.24) is 10.2 Å². The highest BCUT2D eigenvalue weighted by Gasteiger charge is 2.19. The van der Waals surface area contributed by atoms with Crippen LogP contribution in [0.25, 0.3) is 0 Å². The van der Waals surface area contributed by atoms with Gasteiger partial charge in [-0.25, -0.2) is 0 Å². The lowest BCUT2D eigenvalue weighted by Gasteiger charge is -2.33. The first-order valence-electron chi connectivity index (χ1n) is 7.23. The normalized spacial score (nSPS) is 25.8. The number of hydrogen-bond acceptors (Lipinski definition) is 3. The minimum Gasteiger partial charge on any atom is -0.374 e. The molecular formula is C14H30N2O. The van der Waals surface area contributed by atoms with Gasteiger partial charge in [-0.3, -0.25) is 4.90 Å². The topological polar surface area (TPSA) is 24.5 Å². The summed E-state index contributed by atoms with van der Waals surface area (Å²) in [6.45, 7) is 14.3. The summed E-state index contributed by atoms with van der Waals surface area (Å²) in [5, 5.41) is 3.61. The molecule has 0 spiro atoms. The van der Waals surface area contributed by atoms with Crippen LogP contribution in [-0.2, 0) is 4.74 Å². The number of hydrogen-bond donors (Lipinski definition) is 1. The maximum atomic E-state index is 5.79. The van der Waals surface area contributed by atoms with Crippen LogP contribution in [0.5, 0.6) is 0 Å². The van der Waals surface area contributed by atoms with Crippen molar-refractivity contribution in [2.24, 2.45) is 5.92 Å². The zero-order valence-corrected chi connectivity index (χ0v) is 12.0. The first-order chi connectivity index (χ1) is 8.15. The van der Waals surface area contributed by atoms with Crippen LogP contribution in [0.2, 0.25) is 0 Å². The van der Waals surface area contributed by atoms with Gasteiger partial charge in [-0.2, -0.15) is 0 Å². The molecule has 0 aromatic carbocycles. The second kappa shape index (κ2) is 8.06. The molecule has 3 nitrogen and oxygen atoms in total. The molecule has 0 aromatic heterocycles. The fourth-order valence-electron chi connectivity index (χ4n) is 2.38. The average molecular weight is 242 g/mol. The zero-order valence-electron chi connectivity index (χ0n) is 12.0. The van der Waals surface area contributed by atoms with Crippen LogP contribution in [0.3, 0.4) is 0 Å². The molecule has 3 heteroatoms. The average Bonchev–Trinajstić information content (AvgIpc) is 2.36. The number of nitrogens with one attached hydrogen (secondary N) is 1. The van der Waals surface area contributed by atoms with Crippen molar-refractivity contribution in [3.05, 3.63) is 0 Å². The molecule has 1 N–H and O–H groups in total. The van der Waals surface area contributed by atoms with E-state index in [4.69, 9.17) is 4.74 Å². The molecule has 1 aliphatic heterocycles. The van der Waals surface area contributed by atoms with E-state index in [0.717, 1.165) is 38.7 Å². The first-order valence-corrected chi connectivity index (χ1v) is 7.23. The van der Waals surface area contributed by atoms with Gasteiger partial charge in [-0.05, 0) is 25.8 Å². The summed E-state index contributed by atoms with van der Waals surface area (Å²) in [5.41, 5.74) is 0. The molecule has 3 atom stereocenters. The van der Waals surface area contributed by atoms with Gasteiger partial charge in [0.25, 0.3) is 0 Å². The monoisotopic (exact) mass is 242 g/mol. The van der Waals surface area contributed by atoms with Gasteiger partial charge in [0.15, 0.2) is 0 Å². The third-order valence-electron chi connectivity index (χ3n) is 3.82. The molecule has 1 rings (SSSR count). The number of ether oxygens (including phenoxy) is 1. The molecule has 102 valence electrons. The van der Waals surface area contributed by atoms with Gasteiger partial charge in [-0.1, -0.05) is 27.2 Å². The summed E-state index contributed by atoms with van der Waals surface area (Å²) in [4.78, 5) is 2.47. The molecule has 1 aliphatic rings. The van der Waals surface area contributed by atoms with Gasteiger partial charge >= 0.3 is 0 Å². The Labute approximate surface area is 107 Å². The lowest BCUT2D eigenvalue weighted by atomic mass is 10.0.